The van der Waals surface area contributed by atoms with E-state index in [4.69, 9.17) is 22.6 Å². The topological polar surface area (TPSA) is 211 Å². The first-order chi connectivity index (χ1) is 14.6. The molecule has 0 aliphatic heterocycles. The molecule has 0 aliphatic rings. The largest absolute Gasteiger partial charge is 0.388 e. The van der Waals surface area contributed by atoms with Crippen molar-refractivity contribution in [1.29, 1.82) is 5.41 Å². The molecule has 182 valence electrons. The average Bonchev–Trinajstić information content (AvgIpc) is 3.23. The van der Waals surface area contributed by atoms with Crippen LogP contribution in [0.2, 0.25) is 0 Å². The number of nitrogens with two attached hydrogens (primary N) is 3. The Kier molecular flexibility index (Phi) is 11.5. The summed E-state index contributed by atoms with van der Waals surface area (Å²) in [6.45, 7) is 0.00142. The molecule has 0 unspecified atom stereocenters. The minimum absolute atomic E-state index is 0. The van der Waals surface area contributed by atoms with Gasteiger partial charge in [-0.3, -0.25) is 19.8 Å². The second-order valence-corrected chi connectivity index (χ2v) is 6.66. The van der Waals surface area contributed by atoms with Crippen LogP contribution in [0.3, 0.4) is 0 Å². The summed E-state index contributed by atoms with van der Waals surface area (Å²) < 4.78 is 3.10. The van der Waals surface area contributed by atoms with E-state index in [1.165, 1.54) is 10.6 Å². The zero-order valence-corrected chi connectivity index (χ0v) is 19.7. The zero-order valence-electron chi connectivity index (χ0n) is 18.0. The smallest absolute Gasteiger partial charge is 0.273 e. The summed E-state index contributed by atoms with van der Waals surface area (Å²) in [5.41, 5.74) is 16.3. The lowest BCUT2D eigenvalue weighted by molar-refractivity contribution is -0.114. The highest BCUT2D eigenvalue weighted by Gasteiger charge is 2.17. The molecule has 0 saturated heterocycles. The minimum Gasteiger partial charge on any atom is -0.388 e. The lowest BCUT2D eigenvalue weighted by Gasteiger charge is -2.09. The van der Waals surface area contributed by atoms with Gasteiger partial charge in [0.05, 0.1) is 11.4 Å². The molecule has 0 saturated carbocycles. The quantitative estimate of drug-likeness (QED) is 0.181. The minimum atomic E-state index is -0.440. The van der Waals surface area contributed by atoms with Gasteiger partial charge < -0.3 is 42.3 Å². The summed E-state index contributed by atoms with van der Waals surface area (Å²) in [5.74, 6) is -0.643. The van der Waals surface area contributed by atoms with Crippen LogP contribution in [0.5, 0.6) is 0 Å². The number of guanidine groups is 1. The number of anilines is 2. The van der Waals surface area contributed by atoms with Gasteiger partial charge in [-0.25, -0.2) is 4.99 Å². The number of aromatic nitrogens is 2. The van der Waals surface area contributed by atoms with E-state index in [0.29, 0.717) is 17.2 Å². The Morgan fingerprint density at radius 3 is 2.30 bits per heavy atom. The van der Waals surface area contributed by atoms with Gasteiger partial charge >= 0.3 is 0 Å². The van der Waals surface area contributed by atoms with Gasteiger partial charge in [0.2, 0.25) is 5.91 Å². The van der Waals surface area contributed by atoms with E-state index in [0.717, 1.165) is 0 Å². The van der Waals surface area contributed by atoms with E-state index in [-0.39, 0.29) is 67.7 Å². The van der Waals surface area contributed by atoms with E-state index < -0.39 is 11.8 Å². The van der Waals surface area contributed by atoms with Crippen molar-refractivity contribution in [2.24, 2.45) is 36.3 Å². The van der Waals surface area contributed by atoms with Crippen LogP contribution < -0.4 is 33.2 Å². The van der Waals surface area contributed by atoms with Crippen molar-refractivity contribution in [3.63, 3.8) is 0 Å². The first-order valence-corrected chi connectivity index (χ1v) is 9.18. The monoisotopic (exact) mass is 502 g/mol. The Morgan fingerprint density at radius 2 is 1.70 bits per heavy atom. The van der Waals surface area contributed by atoms with Crippen molar-refractivity contribution in [3.8, 4) is 0 Å². The number of carbonyl (C=O) groups excluding carboxylic acids is 3. The molecule has 2 aromatic rings. The van der Waals surface area contributed by atoms with E-state index in [1.807, 2.05) is 0 Å². The van der Waals surface area contributed by atoms with Crippen molar-refractivity contribution in [1.82, 2.24) is 14.5 Å². The Balaban J connectivity index is 0.00000512. The maximum absolute atomic E-state index is 12.7. The number of aryl methyl sites for hydroxylation is 1. The third kappa shape index (κ3) is 8.38. The molecular formula is C18H28Cl2N10O3. The van der Waals surface area contributed by atoms with E-state index >= 15 is 0 Å². The molecule has 13 nitrogen and oxygen atoms in total. The van der Waals surface area contributed by atoms with Crippen LogP contribution in [0.25, 0.3) is 0 Å². The van der Waals surface area contributed by atoms with Crippen molar-refractivity contribution in [3.05, 3.63) is 35.7 Å². The number of hydrogen-bond acceptors (Lipinski definition) is 5. The summed E-state index contributed by atoms with van der Waals surface area (Å²) in [7, 11) is 3.30. The molecule has 10 N–H and O–H groups in total. The molecular weight excluding hydrogens is 475 g/mol. The summed E-state index contributed by atoms with van der Waals surface area (Å²) in [5, 5.41) is 15.1. The zero-order chi connectivity index (χ0) is 23.1. The van der Waals surface area contributed by atoms with E-state index in [2.05, 4.69) is 20.9 Å². The van der Waals surface area contributed by atoms with Crippen molar-refractivity contribution >= 4 is 66.0 Å². The van der Waals surface area contributed by atoms with Crippen LogP contribution in [-0.2, 0) is 18.9 Å². The fourth-order valence-corrected chi connectivity index (χ4v) is 2.62. The van der Waals surface area contributed by atoms with E-state index in [9.17, 15) is 14.4 Å². The maximum Gasteiger partial charge on any atom is 0.273 e. The fourth-order valence-electron chi connectivity index (χ4n) is 2.62. The molecule has 2 rings (SSSR count). The Bertz CT molecular complexity index is 1040. The summed E-state index contributed by atoms with van der Waals surface area (Å²) >= 11 is 0. The lowest BCUT2D eigenvalue weighted by Crippen LogP contribution is -2.27. The molecule has 2 aromatic heterocycles. The summed E-state index contributed by atoms with van der Waals surface area (Å²) in [4.78, 5) is 40.3. The predicted molar refractivity (Wildman–Crippen MR) is 131 cm³/mol. The number of nitrogens with zero attached hydrogens (tertiary/aromatic N) is 3. The number of nitrogens with one attached hydrogen (secondary N) is 4. The van der Waals surface area contributed by atoms with Gasteiger partial charge in [0.15, 0.2) is 5.96 Å². The van der Waals surface area contributed by atoms with Gasteiger partial charge in [0.1, 0.15) is 23.9 Å². The molecule has 0 aliphatic carbocycles. The Labute approximate surface area is 202 Å². The van der Waals surface area contributed by atoms with Gasteiger partial charge in [-0.2, -0.15) is 0 Å². The van der Waals surface area contributed by atoms with Crippen molar-refractivity contribution in [2.45, 2.75) is 6.42 Å². The molecule has 2 heterocycles. The standard InChI is InChI=1S/C18H26N10O3.2ClH/c1-27-9-10(16(30)23-6-5-12(19)20)7-14(27)26-17(31)11-3-4-13(28(11)2)25-15(29)8-24-18(21)22;;/h3-4,7,9H,5-6,8H2,1-2H3,(H3,19,20)(H,23,30)(H,25,29)(H,26,31)(H4,21,22,24);2*1H. The molecule has 0 atom stereocenters. The summed E-state index contributed by atoms with van der Waals surface area (Å²) in [6.07, 6.45) is 1.82. The third-order valence-corrected chi connectivity index (χ3v) is 4.22. The Hall–Kier alpha value is -3.71. The molecule has 3 amide bonds. The molecule has 0 spiro atoms. The van der Waals surface area contributed by atoms with Crippen LogP contribution in [0.15, 0.2) is 29.4 Å². The van der Waals surface area contributed by atoms with Crippen molar-refractivity contribution < 1.29 is 14.4 Å². The number of carbonyl (C=O) groups is 3. The van der Waals surface area contributed by atoms with Crippen molar-refractivity contribution in [2.75, 3.05) is 23.7 Å². The maximum atomic E-state index is 12.7. The molecule has 0 aromatic carbocycles. The number of amidine groups is 1. The van der Waals surface area contributed by atoms with Crippen LogP contribution in [0.4, 0.5) is 11.6 Å². The molecule has 0 fully saturated rings. The fraction of sp³-hybridized carbons (Fsp3) is 0.278. The average molecular weight is 503 g/mol. The van der Waals surface area contributed by atoms with Gasteiger partial charge in [0, 0.05) is 33.3 Å². The first-order valence-electron chi connectivity index (χ1n) is 9.18. The molecule has 0 radical (unpaired) electrons. The number of aliphatic imine (C=N–C) groups is 1. The van der Waals surface area contributed by atoms with Crippen LogP contribution >= 0.6 is 24.8 Å². The number of rotatable bonds is 9. The number of amides is 3. The number of hydrogen-bond donors (Lipinski definition) is 7. The van der Waals surface area contributed by atoms with Gasteiger partial charge in [-0.1, -0.05) is 0 Å². The first kappa shape index (κ1) is 29.3. The van der Waals surface area contributed by atoms with Crippen LogP contribution in [0, 0.1) is 5.41 Å². The highest BCUT2D eigenvalue weighted by molar-refractivity contribution is 6.05. The van der Waals surface area contributed by atoms with Crippen LogP contribution in [-0.4, -0.2) is 51.7 Å². The normalized spacial score (nSPS) is 9.64. The van der Waals surface area contributed by atoms with Gasteiger partial charge in [-0.15, -0.1) is 24.8 Å². The molecule has 0 bridgehead atoms. The van der Waals surface area contributed by atoms with Gasteiger partial charge in [0.25, 0.3) is 11.8 Å². The van der Waals surface area contributed by atoms with Gasteiger partial charge in [-0.05, 0) is 18.2 Å². The van der Waals surface area contributed by atoms with E-state index in [1.54, 1.807) is 37.0 Å². The van der Waals surface area contributed by atoms with Crippen LogP contribution in [0.1, 0.15) is 27.3 Å². The third-order valence-electron chi connectivity index (χ3n) is 4.22. The highest BCUT2D eigenvalue weighted by Crippen LogP contribution is 2.17. The Morgan fingerprint density at radius 1 is 1.03 bits per heavy atom. The number of halogens is 2. The SMILES string of the molecule is Cl.Cl.Cn1cc(C(=O)NCCC(=N)N)cc1NC(=O)c1ccc(NC(=O)CN=C(N)N)n1C. The predicted octanol–water partition coefficient (Wildman–Crippen LogP) is -0.273. The second kappa shape index (κ2) is 13.0. The molecule has 33 heavy (non-hydrogen) atoms. The lowest BCUT2D eigenvalue weighted by atomic mass is 10.3. The second-order valence-electron chi connectivity index (χ2n) is 6.66. The molecule has 15 heteroatoms. The highest BCUT2D eigenvalue weighted by atomic mass is 35.5. The summed E-state index contributed by atoms with van der Waals surface area (Å²) in [6, 6.07) is 4.65.